The van der Waals surface area contributed by atoms with E-state index in [1.54, 1.807) is 7.11 Å². The highest BCUT2D eigenvalue weighted by Crippen LogP contribution is 2.28. The molecule has 2 rings (SSSR count). The average Bonchev–Trinajstić information content (AvgIpc) is 2.54. The van der Waals surface area contributed by atoms with E-state index in [4.69, 9.17) is 9.47 Å². The van der Waals surface area contributed by atoms with Crippen molar-refractivity contribution in [1.82, 2.24) is 5.32 Å². The van der Waals surface area contributed by atoms with E-state index in [9.17, 15) is 4.79 Å². The lowest BCUT2D eigenvalue weighted by atomic mass is 10.1. The van der Waals surface area contributed by atoms with Gasteiger partial charge in [-0.25, -0.2) is 0 Å². The Morgan fingerprint density at radius 1 is 1.05 bits per heavy atom. The Labute approximate surface area is 124 Å². The highest BCUT2D eigenvalue weighted by molar-refractivity contribution is 5.46. The lowest BCUT2D eigenvalue weighted by molar-refractivity contribution is -0.109. The average molecular weight is 285 g/mol. The van der Waals surface area contributed by atoms with Gasteiger partial charge in [0.2, 0.25) is 6.41 Å². The number of ether oxygens (including phenoxy) is 2. The molecule has 2 aromatic carbocycles. The normalized spacial score (nSPS) is 9.95. The Balaban J connectivity index is 2.00. The standard InChI is InChI=1S/C17H19NO3/c1-20-17-11-14(9-10-18-13-19)7-8-16(17)21-12-15-5-3-2-4-6-15/h2-8,11,13H,9-10,12H2,1H3,(H,18,19). The van der Waals surface area contributed by atoms with Crippen LogP contribution in [0.1, 0.15) is 11.1 Å². The van der Waals surface area contributed by atoms with E-state index in [1.807, 2.05) is 48.5 Å². The minimum absolute atomic E-state index is 0.503. The van der Waals surface area contributed by atoms with Crippen LogP contribution < -0.4 is 14.8 Å². The first-order valence-corrected chi connectivity index (χ1v) is 6.84. The van der Waals surface area contributed by atoms with Crippen molar-refractivity contribution in [3.8, 4) is 11.5 Å². The lowest BCUT2D eigenvalue weighted by Crippen LogP contribution is -2.14. The molecular formula is C17H19NO3. The van der Waals surface area contributed by atoms with Gasteiger partial charge in [-0.2, -0.15) is 0 Å². The Hall–Kier alpha value is -2.49. The van der Waals surface area contributed by atoms with E-state index in [2.05, 4.69) is 5.32 Å². The van der Waals surface area contributed by atoms with Crippen LogP contribution in [0.15, 0.2) is 48.5 Å². The van der Waals surface area contributed by atoms with Crippen LogP contribution in [0.5, 0.6) is 11.5 Å². The number of methoxy groups -OCH3 is 1. The van der Waals surface area contributed by atoms with Crippen LogP contribution in [-0.4, -0.2) is 20.1 Å². The summed E-state index contributed by atoms with van der Waals surface area (Å²) in [4.78, 5) is 10.2. The molecule has 0 aliphatic heterocycles. The summed E-state index contributed by atoms with van der Waals surface area (Å²) < 4.78 is 11.2. The maximum absolute atomic E-state index is 10.2. The zero-order valence-electron chi connectivity index (χ0n) is 12.0. The molecule has 0 aromatic heterocycles. The van der Waals surface area contributed by atoms with E-state index >= 15 is 0 Å². The van der Waals surface area contributed by atoms with Crippen LogP contribution in [0.4, 0.5) is 0 Å². The fraction of sp³-hybridized carbons (Fsp3) is 0.235. The van der Waals surface area contributed by atoms with Crippen LogP contribution in [0.2, 0.25) is 0 Å². The zero-order valence-corrected chi connectivity index (χ0v) is 12.0. The molecule has 4 nitrogen and oxygen atoms in total. The van der Waals surface area contributed by atoms with E-state index < -0.39 is 0 Å². The first-order valence-electron chi connectivity index (χ1n) is 6.84. The highest BCUT2D eigenvalue weighted by Gasteiger charge is 2.06. The van der Waals surface area contributed by atoms with Gasteiger partial charge in [-0.15, -0.1) is 0 Å². The smallest absolute Gasteiger partial charge is 0.207 e. The number of nitrogens with one attached hydrogen (secondary N) is 1. The van der Waals surface area contributed by atoms with Crippen LogP contribution in [0, 0.1) is 0 Å². The molecule has 2 aromatic rings. The molecule has 0 spiro atoms. The van der Waals surface area contributed by atoms with E-state index in [0.717, 1.165) is 17.5 Å². The topological polar surface area (TPSA) is 47.6 Å². The second-order valence-corrected chi connectivity index (χ2v) is 4.58. The molecule has 1 amide bonds. The molecule has 0 atom stereocenters. The van der Waals surface area contributed by atoms with Crippen molar-refractivity contribution < 1.29 is 14.3 Å². The van der Waals surface area contributed by atoms with Gasteiger partial charge < -0.3 is 14.8 Å². The van der Waals surface area contributed by atoms with Gasteiger partial charge in [0, 0.05) is 6.54 Å². The van der Waals surface area contributed by atoms with Gasteiger partial charge in [0.15, 0.2) is 11.5 Å². The Bertz CT molecular complexity index is 570. The molecule has 0 aliphatic carbocycles. The Morgan fingerprint density at radius 2 is 1.86 bits per heavy atom. The van der Waals surface area contributed by atoms with Gasteiger partial charge in [-0.3, -0.25) is 4.79 Å². The second-order valence-electron chi connectivity index (χ2n) is 4.58. The predicted molar refractivity (Wildman–Crippen MR) is 81.5 cm³/mol. The minimum atomic E-state index is 0.503. The third kappa shape index (κ3) is 4.53. The number of hydrogen-bond donors (Lipinski definition) is 1. The number of carbonyl (C=O) groups is 1. The molecule has 4 heteroatoms. The highest BCUT2D eigenvalue weighted by atomic mass is 16.5. The van der Waals surface area contributed by atoms with Crippen molar-refractivity contribution in [3.05, 3.63) is 59.7 Å². The van der Waals surface area contributed by atoms with Gasteiger partial charge in [0.05, 0.1) is 7.11 Å². The molecule has 0 saturated heterocycles. The van der Waals surface area contributed by atoms with Crippen molar-refractivity contribution in [1.29, 1.82) is 0 Å². The molecule has 21 heavy (non-hydrogen) atoms. The molecular weight excluding hydrogens is 266 g/mol. The third-order valence-corrected chi connectivity index (χ3v) is 3.11. The SMILES string of the molecule is COc1cc(CCNC=O)ccc1OCc1ccccc1. The summed E-state index contributed by atoms with van der Waals surface area (Å²) >= 11 is 0. The zero-order chi connectivity index (χ0) is 14.9. The van der Waals surface area contributed by atoms with Gasteiger partial charge in [0.1, 0.15) is 6.61 Å². The van der Waals surface area contributed by atoms with Crippen LogP contribution >= 0.6 is 0 Å². The van der Waals surface area contributed by atoms with Gasteiger partial charge in [-0.05, 0) is 29.7 Å². The van der Waals surface area contributed by atoms with E-state index in [1.165, 1.54) is 0 Å². The molecule has 0 saturated carbocycles. The van der Waals surface area contributed by atoms with Crippen LogP contribution in [0.25, 0.3) is 0 Å². The number of amides is 1. The Morgan fingerprint density at radius 3 is 2.57 bits per heavy atom. The quantitative estimate of drug-likeness (QED) is 0.599. The van der Waals surface area contributed by atoms with Gasteiger partial charge in [0.25, 0.3) is 0 Å². The Kier molecular flexibility index (Phi) is 5.64. The fourth-order valence-electron chi connectivity index (χ4n) is 2.00. The van der Waals surface area contributed by atoms with Crippen LogP contribution in [0.3, 0.4) is 0 Å². The molecule has 110 valence electrons. The van der Waals surface area contributed by atoms with Crippen molar-refractivity contribution in [3.63, 3.8) is 0 Å². The third-order valence-electron chi connectivity index (χ3n) is 3.11. The van der Waals surface area contributed by atoms with Crippen LogP contribution in [-0.2, 0) is 17.8 Å². The molecule has 0 unspecified atom stereocenters. The summed E-state index contributed by atoms with van der Waals surface area (Å²) in [7, 11) is 1.62. The molecule has 0 aliphatic rings. The summed E-state index contributed by atoms with van der Waals surface area (Å²) in [6, 6.07) is 15.8. The van der Waals surface area contributed by atoms with Crippen molar-refractivity contribution in [2.75, 3.05) is 13.7 Å². The van der Waals surface area contributed by atoms with Crippen molar-refractivity contribution >= 4 is 6.41 Å². The number of hydrogen-bond acceptors (Lipinski definition) is 3. The largest absolute Gasteiger partial charge is 0.493 e. The summed E-state index contributed by atoms with van der Waals surface area (Å²) in [5.41, 5.74) is 2.20. The minimum Gasteiger partial charge on any atom is -0.493 e. The molecule has 1 N–H and O–H groups in total. The lowest BCUT2D eigenvalue weighted by Gasteiger charge is -2.12. The summed E-state index contributed by atoms with van der Waals surface area (Å²) in [5.74, 6) is 1.42. The maximum Gasteiger partial charge on any atom is 0.207 e. The molecule has 0 fully saturated rings. The van der Waals surface area contributed by atoms with E-state index in [0.29, 0.717) is 31.1 Å². The molecule has 0 radical (unpaired) electrons. The molecule has 0 heterocycles. The molecule has 0 bridgehead atoms. The summed E-state index contributed by atoms with van der Waals surface area (Å²) in [6.45, 7) is 1.11. The first-order chi connectivity index (χ1) is 10.3. The summed E-state index contributed by atoms with van der Waals surface area (Å²) in [5, 5.41) is 2.64. The number of rotatable bonds is 8. The maximum atomic E-state index is 10.2. The monoisotopic (exact) mass is 285 g/mol. The van der Waals surface area contributed by atoms with E-state index in [-0.39, 0.29) is 0 Å². The second kappa shape index (κ2) is 7.94. The van der Waals surface area contributed by atoms with Crippen molar-refractivity contribution in [2.45, 2.75) is 13.0 Å². The number of benzene rings is 2. The fourth-order valence-corrected chi connectivity index (χ4v) is 2.00. The predicted octanol–water partition coefficient (Wildman–Crippen LogP) is 2.56. The number of carbonyl (C=O) groups excluding carboxylic acids is 1. The van der Waals surface area contributed by atoms with Gasteiger partial charge in [-0.1, -0.05) is 36.4 Å². The van der Waals surface area contributed by atoms with Crippen molar-refractivity contribution in [2.24, 2.45) is 0 Å². The van der Waals surface area contributed by atoms with Gasteiger partial charge >= 0.3 is 0 Å². The summed E-state index contributed by atoms with van der Waals surface area (Å²) in [6.07, 6.45) is 1.46. The first kappa shape index (κ1) is 14.9.